The summed E-state index contributed by atoms with van der Waals surface area (Å²) in [5.74, 6) is -1.17. The van der Waals surface area contributed by atoms with Crippen LogP contribution in [0.3, 0.4) is 0 Å². The van der Waals surface area contributed by atoms with Crippen LogP contribution in [-0.2, 0) is 30.3 Å². The standard InChI is InChI=1S/C34H49N3O6/c1-22(2)18-19-25(5)37(30(31(39)35-21-28(38)42-9)29-23(3)14-13-15-24(29)4)32(40)27(20-26-16-11-10-12-17-26)36-33(41)43-34(6,7)8/h10-17,22,25,27,30H,18-21H2,1-9H3,(H,35,39)(H,36,41). The average Bonchev–Trinajstić information content (AvgIpc) is 2.92. The second-order valence-corrected chi connectivity index (χ2v) is 12.5. The lowest BCUT2D eigenvalue weighted by molar-refractivity contribution is -0.146. The van der Waals surface area contributed by atoms with Crippen molar-refractivity contribution in [3.05, 3.63) is 70.8 Å². The predicted molar refractivity (Wildman–Crippen MR) is 167 cm³/mol. The number of rotatable bonds is 13. The van der Waals surface area contributed by atoms with Crippen LogP contribution < -0.4 is 10.6 Å². The molecule has 0 radical (unpaired) electrons. The van der Waals surface area contributed by atoms with Crippen molar-refractivity contribution in [2.45, 2.75) is 98.4 Å². The first-order chi connectivity index (χ1) is 20.1. The van der Waals surface area contributed by atoms with E-state index in [1.165, 1.54) is 7.11 Å². The number of carbonyl (C=O) groups excluding carboxylic acids is 4. The zero-order valence-corrected chi connectivity index (χ0v) is 27.2. The summed E-state index contributed by atoms with van der Waals surface area (Å²) in [5.41, 5.74) is 2.39. The number of hydrogen-bond acceptors (Lipinski definition) is 6. The van der Waals surface area contributed by atoms with Crippen LogP contribution in [0.4, 0.5) is 4.79 Å². The Hall–Kier alpha value is -3.88. The molecule has 0 spiro atoms. The molecule has 3 atom stereocenters. The Kier molecular flexibility index (Phi) is 13.2. The monoisotopic (exact) mass is 595 g/mol. The second-order valence-electron chi connectivity index (χ2n) is 12.5. The summed E-state index contributed by atoms with van der Waals surface area (Å²) in [4.78, 5) is 55.4. The number of aryl methyl sites for hydroxylation is 2. The number of benzene rings is 2. The number of ether oxygens (including phenoxy) is 2. The molecule has 2 rings (SSSR count). The van der Waals surface area contributed by atoms with Gasteiger partial charge in [-0.1, -0.05) is 62.4 Å². The number of carbonyl (C=O) groups is 4. The lowest BCUT2D eigenvalue weighted by Crippen LogP contribution is -2.56. The molecule has 9 nitrogen and oxygen atoms in total. The van der Waals surface area contributed by atoms with Crippen LogP contribution in [0.5, 0.6) is 0 Å². The third kappa shape index (κ3) is 11.0. The molecule has 0 aromatic heterocycles. The summed E-state index contributed by atoms with van der Waals surface area (Å²) in [6.45, 7) is 14.8. The minimum atomic E-state index is -1.07. The molecule has 2 aromatic carbocycles. The van der Waals surface area contributed by atoms with E-state index in [-0.39, 0.29) is 19.0 Å². The fraction of sp³-hybridized carbons (Fsp3) is 0.529. The molecule has 0 fully saturated rings. The summed E-state index contributed by atoms with van der Waals surface area (Å²) in [7, 11) is 1.25. The smallest absolute Gasteiger partial charge is 0.408 e. The minimum absolute atomic E-state index is 0.190. The predicted octanol–water partition coefficient (Wildman–Crippen LogP) is 5.42. The van der Waals surface area contributed by atoms with Crippen LogP contribution in [0.25, 0.3) is 0 Å². The number of nitrogens with zero attached hydrogens (tertiary/aromatic N) is 1. The lowest BCUT2D eigenvalue weighted by atomic mass is 9.91. The van der Waals surface area contributed by atoms with E-state index in [1.54, 1.807) is 25.7 Å². The van der Waals surface area contributed by atoms with Gasteiger partial charge in [-0.15, -0.1) is 0 Å². The first-order valence-electron chi connectivity index (χ1n) is 14.9. The first-order valence-corrected chi connectivity index (χ1v) is 14.9. The van der Waals surface area contributed by atoms with Crippen molar-refractivity contribution < 1.29 is 28.7 Å². The number of esters is 1. The molecule has 9 heteroatoms. The summed E-state index contributed by atoms with van der Waals surface area (Å²) >= 11 is 0. The molecule has 3 amide bonds. The van der Waals surface area contributed by atoms with Crippen molar-refractivity contribution in [1.29, 1.82) is 0 Å². The van der Waals surface area contributed by atoms with Crippen LogP contribution >= 0.6 is 0 Å². The van der Waals surface area contributed by atoms with Crippen molar-refractivity contribution in [2.24, 2.45) is 5.92 Å². The van der Waals surface area contributed by atoms with Gasteiger partial charge < -0.3 is 25.0 Å². The molecule has 43 heavy (non-hydrogen) atoms. The van der Waals surface area contributed by atoms with Crippen molar-refractivity contribution in [2.75, 3.05) is 13.7 Å². The fourth-order valence-corrected chi connectivity index (χ4v) is 4.98. The lowest BCUT2D eigenvalue weighted by Gasteiger charge is -2.39. The SMILES string of the molecule is COC(=O)CNC(=O)C(c1c(C)cccc1C)N(C(=O)C(Cc1ccccc1)NC(=O)OC(C)(C)C)C(C)CCC(C)C. The Morgan fingerprint density at radius 1 is 0.884 bits per heavy atom. The summed E-state index contributed by atoms with van der Waals surface area (Å²) in [6, 6.07) is 12.6. The van der Waals surface area contributed by atoms with Crippen LogP contribution in [0, 0.1) is 19.8 Å². The van der Waals surface area contributed by atoms with E-state index >= 15 is 0 Å². The van der Waals surface area contributed by atoms with Gasteiger partial charge in [-0.25, -0.2) is 4.79 Å². The maximum Gasteiger partial charge on any atom is 0.408 e. The van der Waals surface area contributed by atoms with Crippen LogP contribution in [0.2, 0.25) is 0 Å². The Balaban J connectivity index is 2.70. The van der Waals surface area contributed by atoms with Gasteiger partial charge in [0, 0.05) is 12.5 Å². The van der Waals surface area contributed by atoms with Gasteiger partial charge in [0.15, 0.2) is 0 Å². The van der Waals surface area contributed by atoms with E-state index in [1.807, 2.05) is 69.3 Å². The van der Waals surface area contributed by atoms with Crippen molar-refractivity contribution >= 4 is 23.9 Å². The topological polar surface area (TPSA) is 114 Å². The maximum absolute atomic E-state index is 14.8. The van der Waals surface area contributed by atoms with Gasteiger partial charge >= 0.3 is 12.1 Å². The normalized spacial score (nSPS) is 13.4. The van der Waals surface area contributed by atoms with E-state index < -0.39 is 41.6 Å². The van der Waals surface area contributed by atoms with E-state index in [2.05, 4.69) is 24.5 Å². The highest BCUT2D eigenvalue weighted by atomic mass is 16.6. The van der Waals surface area contributed by atoms with E-state index in [4.69, 9.17) is 9.47 Å². The quantitative estimate of drug-likeness (QED) is 0.299. The summed E-state index contributed by atoms with van der Waals surface area (Å²) in [5, 5.41) is 5.48. The molecule has 0 aliphatic heterocycles. The Labute approximate surface area is 256 Å². The Morgan fingerprint density at radius 3 is 2.02 bits per heavy atom. The zero-order valence-electron chi connectivity index (χ0n) is 27.2. The molecule has 0 aliphatic rings. The van der Waals surface area contributed by atoms with Crippen molar-refractivity contribution in [1.82, 2.24) is 15.5 Å². The van der Waals surface area contributed by atoms with Crippen molar-refractivity contribution in [3.8, 4) is 0 Å². The number of hydrogen-bond donors (Lipinski definition) is 2. The van der Waals surface area contributed by atoms with Gasteiger partial charge in [0.2, 0.25) is 11.8 Å². The molecule has 0 aliphatic carbocycles. The molecule has 0 saturated carbocycles. The number of methoxy groups -OCH3 is 1. The highest BCUT2D eigenvalue weighted by Gasteiger charge is 2.40. The molecule has 0 heterocycles. The van der Waals surface area contributed by atoms with E-state index in [0.717, 1.165) is 23.1 Å². The highest BCUT2D eigenvalue weighted by Crippen LogP contribution is 2.32. The van der Waals surface area contributed by atoms with Crippen LogP contribution in [0.1, 0.15) is 82.7 Å². The number of amides is 3. The molecule has 0 saturated heterocycles. The third-order valence-corrected chi connectivity index (χ3v) is 7.14. The van der Waals surface area contributed by atoms with Crippen LogP contribution in [0.15, 0.2) is 48.5 Å². The number of nitrogens with one attached hydrogen (secondary N) is 2. The van der Waals surface area contributed by atoms with Gasteiger partial charge in [-0.05, 0) is 82.6 Å². The van der Waals surface area contributed by atoms with Gasteiger partial charge in [0.25, 0.3) is 0 Å². The average molecular weight is 596 g/mol. The third-order valence-electron chi connectivity index (χ3n) is 7.14. The van der Waals surface area contributed by atoms with Crippen molar-refractivity contribution in [3.63, 3.8) is 0 Å². The van der Waals surface area contributed by atoms with Gasteiger partial charge in [0.1, 0.15) is 24.2 Å². The second kappa shape index (κ2) is 16.1. The fourth-order valence-electron chi connectivity index (χ4n) is 4.98. The molecular weight excluding hydrogens is 546 g/mol. The zero-order chi connectivity index (χ0) is 32.3. The summed E-state index contributed by atoms with van der Waals surface area (Å²) < 4.78 is 10.3. The van der Waals surface area contributed by atoms with E-state index in [9.17, 15) is 19.2 Å². The minimum Gasteiger partial charge on any atom is -0.468 e. The molecule has 2 N–H and O–H groups in total. The first kappa shape index (κ1) is 35.3. The molecular formula is C34H49N3O6. The maximum atomic E-state index is 14.8. The van der Waals surface area contributed by atoms with E-state index in [0.29, 0.717) is 17.9 Å². The molecule has 0 bridgehead atoms. The molecule has 3 unspecified atom stereocenters. The number of alkyl carbamates (subject to hydrolysis) is 1. The van der Waals surface area contributed by atoms with Gasteiger partial charge in [-0.2, -0.15) is 0 Å². The Morgan fingerprint density at radius 2 is 1.49 bits per heavy atom. The Bertz CT molecular complexity index is 1220. The molecule has 2 aromatic rings. The molecule has 236 valence electrons. The largest absolute Gasteiger partial charge is 0.468 e. The van der Waals surface area contributed by atoms with Gasteiger partial charge in [-0.3, -0.25) is 14.4 Å². The highest BCUT2D eigenvalue weighted by molar-refractivity contribution is 5.94. The van der Waals surface area contributed by atoms with Gasteiger partial charge in [0.05, 0.1) is 7.11 Å². The summed E-state index contributed by atoms with van der Waals surface area (Å²) in [6.07, 6.45) is 0.905. The van der Waals surface area contributed by atoms with Crippen LogP contribution in [-0.4, -0.2) is 60.1 Å².